The summed E-state index contributed by atoms with van der Waals surface area (Å²) < 4.78 is 2.32. The molecule has 1 fully saturated rings. The normalized spacial score (nSPS) is 25.1. The van der Waals surface area contributed by atoms with Gasteiger partial charge in [0.1, 0.15) is 11.6 Å². The highest BCUT2D eigenvalue weighted by Crippen LogP contribution is 2.30. The van der Waals surface area contributed by atoms with E-state index in [1.165, 1.54) is 31.8 Å². The van der Waals surface area contributed by atoms with Gasteiger partial charge in [-0.3, -0.25) is 0 Å². The summed E-state index contributed by atoms with van der Waals surface area (Å²) in [5.41, 5.74) is 0. The van der Waals surface area contributed by atoms with Gasteiger partial charge in [-0.2, -0.15) is 0 Å². The topological polar surface area (TPSA) is 54.2 Å². The van der Waals surface area contributed by atoms with E-state index >= 15 is 0 Å². The molecule has 5 heteroatoms. The first-order valence-corrected chi connectivity index (χ1v) is 7.96. The molecular weight excluding hydrogens is 252 g/mol. The molecule has 1 aromatic rings. The Hall–Kier alpha value is -0.940. The first-order chi connectivity index (χ1) is 9.69. The summed E-state index contributed by atoms with van der Waals surface area (Å²) in [6, 6.07) is 0.647. The van der Waals surface area contributed by atoms with Crippen molar-refractivity contribution < 1.29 is 5.11 Å². The fourth-order valence-electron chi connectivity index (χ4n) is 3.55. The molecule has 1 saturated heterocycles. The van der Waals surface area contributed by atoms with E-state index in [1.807, 2.05) is 0 Å². The summed E-state index contributed by atoms with van der Waals surface area (Å²) in [7, 11) is 0. The molecule has 20 heavy (non-hydrogen) atoms. The summed E-state index contributed by atoms with van der Waals surface area (Å²) in [6.45, 7) is 8.14. The number of hydrogen-bond donors (Lipinski definition) is 1. The number of aliphatic hydroxyl groups is 1. The summed E-state index contributed by atoms with van der Waals surface area (Å²) in [5.74, 6) is 3.22. The highest BCUT2D eigenvalue weighted by molar-refractivity contribution is 5.06. The molecule has 2 aliphatic rings. The summed E-state index contributed by atoms with van der Waals surface area (Å²) >= 11 is 0. The molecule has 1 unspecified atom stereocenters. The average molecular weight is 278 g/mol. The molecule has 0 spiro atoms. The van der Waals surface area contributed by atoms with Gasteiger partial charge in [-0.25, -0.2) is 0 Å². The fraction of sp³-hybridized carbons (Fsp3) is 0.867. The van der Waals surface area contributed by atoms with Crippen molar-refractivity contribution in [1.82, 2.24) is 19.7 Å². The second-order valence-electron chi connectivity index (χ2n) is 6.57. The average Bonchev–Trinajstić information content (AvgIpc) is 2.90. The van der Waals surface area contributed by atoms with Gasteiger partial charge < -0.3 is 14.6 Å². The van der Waals surface area contributed by atoms with Crippen LogP contribution in [0.5, 0.6) is 0 Å². The Morgan fingerprint density at radius 2 is 1.90 bits per heavy atom. The van der Waals surface area contributed by atoms with Crippen molar-refractivity contribution in [2.24, 2.45) is 5.92 Å². The van der Waals surface area contributed by atoms with Gasteiger partial charge in [-0.05, 0) is 52.1 Å². The zero-order valence-electron chi connectivity index (χ0n) is 12.6. The number of hydrogen-bond acceptors (Lipinski definition) is 4. The Balaban J connectivity index is 1.69. The molecule has 1 atom stereocenters. The van der Waals surface area contributed by atoms with E-state index in [1.54, 1.807) is 0 Å². The van der Waals surface area contributed by atoms with Crippen LogP contribution in [0, 0.1) is 5.92 Å². The van der Waals surface area contributed by atoms with E-state index in [0.29, 0.717) is 17.9 Å². The van der Waals surface area contributed by atoms with E-state index in [-0.39, 0.29) is 6.61 Å². The molecule has 0 amide bonds. The zero-order chi connectivity index (χ0) is 14.1. The quantitative estimate of drug-likeness (QED) is 0.908. The number of aromatic nitrogens is 3. The number of nitrogens with zero attached hydrogens (tertiary/aromatic N) is 4. The van der Waals surface area contributed by atoms with E-state index in [9.17, 15) is 5.11 Å². The first kappa shape index (κ1) is 14.0. The largest absolute Gasteiger partial charge is 0.396 e. The first-order valence-electron chi connectivity index (χ1n) is 7.96. The Bertz CT molecular complexity index is 449. The standard InChI is InChI=1S/C15H26N4O/c1-11(2)18-6-4-13(5-7-18)15-17-16-14-9-12(10-20)3-8-19(14)15/h11-13,20H,3-10H2,1-2H3. The van der Waals surface area contributed by atoms with Crippen molar-refractivity contribution in [2.75, 3.05) is 19.7 Å². The molecule has 1 aromatic heterocycles. The lowest BCUT2D eigenvalue weighted by Gasteiger charge is -2.34. The summed E-state index contributed by atoms with van der Waals surface area (Å²) in [5, 5.41) is 18.1. The van der Waals surface area contributed by atoms with Gasteiger partial charge in [0.15, 0.2) is 0 Å². The van der Waals surface area contributed by atoms with Crippen LogP contribution in [0.1, 0.15) is 50.7 Å². The third kappa shape index (κ3) is 2.61. The number of fused-ring (bicyclic) bond motifs is 1. The molecule has 3 heterocycles. The van der Waals surface area contributed by atoms with Gasteiger partial charge in [-0.1, -0.05) is 0 Å². The third-order valence-corrected chi connectivity index (χ3v) is 4.97. The van der Waals surface area contributed by atoms with Crippen LogP contribution in [0.25, 0.3) is 0 Å². The van der Waals surface area contributed by atoms with Gasteiger partial charge in [0.05, 0.1) is 0 Å². The number of aliphatic hydroxyl groups excluding tert-OH is 1. The predicted molar refractivity (Wildman–Crippen MR) is 77.6 cm³/mol. The van der Waals surface area contributed by atoms with Crippen molar-refractivity contribution in [1.29, 1.82) is 0 Å². The highest BCUT2D eigenvalue weighted by Gasteiger charge is 2.29. The molecule has 1 N–H and O–H groups in total. The van der Waals surface area contributed by atoms with E-state index in [2.05, 4.69) is 33.5 Å². The smallest absolute Gasteiger partial charge is 0.136 e. The molecule has 5 nitrogen and oxygen atoms in total. The fourth-order valence-corrected chi connectivity index (χ4v) is 3.55. The van der Waals surface area contributed by atoms with Crippen LogP contribution < -0.4 is 0 Å². The van der Waals surface area contributed by atoms with Crippen LogP contribution in [-0.4, -0.2) is 50.5 Å². The van der Waals surface area contributed by atoms with E-state index < -0.39 is 0 Å². The minimum atomic E-state index is 0.273. The Kier molecular flexibility index (Phi) is 4.08. The Morgan fingerprint density at radius 1 is 1.15 bits per heavy atom. The second-order valence-corrected chi connectivity index (χ2v) is 6.57. The van der Waals surface area contributed by atoms with Crippen LogP contribution in [0.4, 0.5) is 0 Å². The Morgan fingerprint density at radius 3 is 2.55 bits per heavy atom. The number of rotatable bonds is 3. The minimum Gasteiger partial charge on any atom is -0.396 e. The molecular formula is C15H26N4O. The van der Waals surface area contributed by atoms with Crippen LogP contribution >= 0.6 is 0 Å². The minimum absolute atomic E-state index is 0.273. The van der Waals surface area contributed by atoms with Crippen LogP contribution in [0.2, 0.25) is 0 Å². The van der Waals surface area contributed by atoms with Gasteiger partial charge in [-0.15, -0.1) is 10.2 Å². The number of likely N-dealkylation sites (tertiary alicyclic amines) is 1. The molecule has 0 aliphatic carbocycles. The van der Waals surface area contributed by atoms with Crippen molar-refractivity contribution >= 4 is 0 Å². The molecule has 0 bridgehead atoms. The van der Waals surface area contributed by atoms with Gasteiger partial charge in [0, 0.05) is 31.5 Å². The van der Waals surface area contributed by atoms with Crippen molar-refractivity contribution in [3.63, 3.8) is 0 Å². The zero-order valence-corrected chi connectivity index (χ0v) is 12.6. The lowest BCUT2D eigenvalue weighted by Crippen LogP contribution is -2.38. The maximum atomic E-state index is 9.29. The third-order valence-electron chi connectivity index (χ3n) is 4.97. The van der Waals surface area contributed by atoms with Gasteiger partial charge in [0.25, 0.3) is 0 Å². The maximum absolute atomic E-state index is 9.29. The summed E-state index contributed by atoms with van der Waals surface area (Å²) in [6.07, 6.45) is 4.33. The molecule has 112 valence electrons. The maximum Gasteiger partial charge on any atom is 0.136 e. The monoisotopic (exact) mass is 278 g/mol. The molecule has 3 rings (SSSR count). The van der Waals surface area contributed by atoms with Gasteiger partial charge >= 0.3 is 0 Å². The molecule has 0 aromatic carbocycles. The SMILES string of the molecule is CC(C)N1CCC(c2nnc3n2CCC(CO)C3)CC1. The number of piperidine rings is 1. The van der Waals surface area contributed by atoms with E-state index in [0.717, 1.165) is 25.2 Å². The summed E-state index contributed by atoms with van der Waals surface area (Å²) in [4.78, 5) is 2.55. The lowest BCUT2D eigenvalue weighted by atomic mass is 9.93. The second kappa shape index (κ2) is 5.82. The van der Waals surface area contributed by atoms with Crippen molar-refractivity contribution in [3.05, 3.63) is 11.6 Å². The van der Waals surface area contributed by atoms with Crippen molar-refractivity contribution in [3.8, 4) is 0 Å². The Labute approximate surface area is 121 Å². The van der Waals surface area contributed by atoms with Gasteiger partial charge in [0.2, 0.25) is 0 Å². The van der Waals surface area contributed by atoms with Crippen molar-refractivity contribution in [2.45, 2.75) is 58.0 Å². The highest BCUT2D eigenvalue weighted by atomic mass is 16.3. The molecule has 0 saturated carbocycles. The molecule has 0 radical (unpaired) electrons. The van der Waals surface area contributed by atoms with E-state index in [4.69, 9.17) is 0 Å². The lowest BCUT2D eigenvalue weighted by molar-refractivity contribution is 0.166. The predicted octanol–water partition coefficient (Wildman–Crippen LogP) is 1.42. The van der Waals surface area contributed by atoms with Crippen LogP contribution in [0.3, 0.4) is 0 Å². The van der Waals surface area contributed by atoms with Crippen LogP contribution in [0.15, 0.2) is 0 Å². The van der Waals surface area contributed by atoms with Crippen LogP contribution in [-0.2, 0) is 13.0 Å². The molecule has 2 aliphatic heterocycles.